The molecule has 2 aromatic carbocycles. The first kappa shape index (κ1) is 23.0. The zero-order valence-electron chi connectivity index (χ0n) is 19.2. The number of morpholine rings is 1. The molecule has 1 amide bonds. The molecule has 3 aromatic rings. The number of hydrogen-bond acceptors (Lipinski definition) is 5. The fourth-order valence-corrected chi connectivity index (χ4v) is 6.19. The van der Waals surface area contributed by atoms with Crippen LogP contribution in [-0.2, 0) is 21.3 Å². The lowest BCUT2D eigenvalue weighted by molar-refractivity contribution is 0.0365. The summed E-state index contributed by atoms with van der Waals surface area (Å²) >= 11 is 0. The van der Waals surface area contributed by atoms with Crippen molar-refractivity contribution in [2.45, 2.75) is 24.3 Å². The van der Waals surface area contributed by atoms with Gasteiger partial charge in [-0.1, -0.05) is 6.07 Å². The van der Waals surface area contributed by atoms with Crippen LogP contribution in [0, 0.1) is 0 Å². The Kier molecular flexibility index (Phi) is 6.69. The third-order valence-corrected chi connectivity index (χ3v) is 8.48. The highest BCUT2D eigenvalue weighted by Gasteiger charge is 2.27. The molecule has 2 fully saturated rings. The van der Waals surface area contributed by atoms with Crippen molar-refractivity contribution in [3.63, 3.8) is 0 Å². The Hall–Kier alpha value is -2.72. The molecule has 34 heavy (non-hydrogen) atoms. The van der Waals surface area contributed by atoms with Gasteiger partial charge in [-0.25, -0.2) is 8.42 Å². The smallest absolute Gasteiger partial charge is 0.255 e. The summed E-state index contributed by atoms with van der Waals surface area (Å²) in [7, 11) is -3.57. The van der Waals surface area contributed by atoms with Gasteiger partial charge >= 0.3 is 0 Å². The average Bonchev–Trinajstić information content (AvgIpc) is 3.54. The number of aromatic nitrogens is 1. The monoisotopic (exact) mass is 482 g/mol. The molecule has 1 aromatic heterocycles. The molecule has 2 saturated heterocycles. The number of sulfonamides is 1. The SMILES string of the molecule is O=C(Nc1ccc2c(ccn2CCN2CCOCC2)c1)c1cccc(S(=O)(=O)N2CCCC2)c1. The quantitative estimate of drug-likeness (QED) is 0.560. The van der Waals surface area contributed by atoms with Crippen LogP contribution >= 0.6 is 0 Å². The van der Waals surface area contributed by atoms with E-state index in [1.807, 2.05) is 24.3 Å². The Bertz CT molecular complexity index is 1280. The van der Waals surface area contributed by atoms with Gasteiger partial charge in [-0.05, 0) is 55.3 Å². The fraction of sp³-hybridized carbons (Fsp3) is 0.400. The lowest BCUT2D eigenvalue weighted by atomic mass is 10.2. The molecule has 0 spiro atoms. The van der Waals surface area contributed by atoms with E-state index in [1.165, 1.54) is 10.4 Å². The molecule has 5 rings (SSSR count). The average molecular weight is 483 g/mol. The number of fused-ring (bicyclic) bond motifs is 1. The largest absolute Gasteiger partial charge is 0.379 e. The second-order valence-electron chi connectivity index (χ2n) is 8.83. The van der Waals surface area contributed by atoms with Crippen molar-refractivity contribution in [1.82, 2.24) is 13.8 Å². The highest BCUT2D eigenvalue weighted by molar-refractivity contribution is 7.89. The number of rotatable bonds is 7. The van der Waals surface area contributed by atoms with Gasteiger partial charge < -0.3 is 14.6 Å². The van der Waals surface area contributed by atoms with E-state index in [2.05, 4.69) is 21.0 Å². The van der Waals surface area contributed by atoms with E-state index in [-0.39, 0.29) is 10.8 Å². The second-order valence-corrected chi connectivity index (χ2v) is 10.8. The molecule has 3 heterocycles. The van der Waals surface area contributed by atoms with E-state index in [9.17, 15) is 13.2 Å². The molecular formula is C25H30N4O4S. The van der Waals surface area contributed by atoms with Gasteiger partial charge in [0.15, 0.2) is 0 Å². The van der Waals surface area contributed by atoms with Gasteiger partial charge in [-0.2, -0.15) is 4.31 Å². The van der Waals surface area contributed by atoms with Crippen molar-refractivity contribution in [2.75, 3.05) is 51.3 Å². The predicted octanol–water partition coefficient (Wildman–Crippen LogP) is 3.01. The van der Waals surface area contributed by atoms with Crippen LogP contribution in [0.3, 0.4) is 0 Å². The molecule has 8 nitrogen and oxygen atoms in total. The lowest BCUT2D eigenvalue weighted by Gasteiger charge is -2.26. The van der Waals surface area contributed by atoms with Crippen molar-refractivity contribution in [2.24, 2.45) is 0 Å². The third kappa shape index (κ3) is 4.88. The molecule has 0 aliphatic carbocycles. The lowest BCUT2D eigenvalue weighted by Crippen LogP contribution is -2.38. The Morgan fingerprint density at radius 1 is 0.941 bits per heavy atom. The van der Waals surface area contributed by atoms with Gasteiger partial charge in [0.05, 0.1) is 18.1 Å². The topological polar surface area (TPSA) is 83.9 Å². The van der Waals surface area contributed by atoms with Crippen molar-refractivity contribution >= 4 is 32.5 Å². The number of benzene rings is 2. The minimum absolute atomic E-state index is 0.162. The van der Waals surface area contributed by atoms with Crippen LogP contribution in [0.5, 0.6) is 0 Å². The van der Waals surface area contributed by atoms with Crippen LogP contribution in [-0.4, -0.2) is 74.0 Å². The minimum Gasteiger partial charge on any atom is -0.379 e. The fourth-order valence-electron chi connectivity index (χ4n) is 4.63. The summed E-state index contributed by atoms with van der Waals surface area (Å²) in [6, 6.07) is 14.2. The Balaban J connectivity index is 1.27. The first-order valence-corrected chi connectivity index (χ1v) is 13.3. The van der Waals surface area contributed by atoms with Crippen LogP contribution in [0.15, 0.2) is 59.6 Å². The van der Waals surface area contributed by atoms with E-state index in [0.29, 0.717) is 24.3 Å². The van der Waals surface area contributed by atoms with Gasteiger partial charge in [-0.3, -0.25) is 9.69 Å². The standard InChI is InChI=1S/C25H30N4O4S/c30-25(21-4-3-5-23(19-21)34(31,32)29-9-1-2-10-29)26-22-6-7-24-20(18-22)8-11-28(24)13-12-27-14-16-33-17-15-27/h3-8,11,18-19H,1-2,9-10,12-17H2,(H,26,30). The molecule has 0 radical (unpaired) electrons. The first-order chi connectivity index (χ1) is 16.5. The highest BCUT2D eigenvalue weighted by atomic mass is 32.2. The van der Waals surface area contributed by atoms with Crippen LogP contribution in [0.2, 0.25) is 0 Å². The summed E-state index contributed by atoms with van der Waals surface area (Å²) < 4.78 is 34.8. The maximum Gasteiger partial charge on any atom is 0.255 e. The van der Waals surface area contributed by atoms with Gasteiger partial charge in [-0.15, -0.1) is 0 Å². The molecular weight excluding hydrogens is 452 g/mol. The molecule has 2 aliphatic rings. The van der Waals surface area contributed by atoms with E-state index in [4.69, 9.17) is 4.74 Å². The van der Waals surface area contributed by atoms with E-state index in [0.717, 1.165) is 63.1 Å². The number of carbonyl (C=O) groups excluding carboxylic acids is 1. The number of amides is 1. The summed E-state index contributed by atoms with van der Waals surface area (Å²) in [6.45, 7) is 6.46. The molecule has 1 N–H and O–H groups in total. The Labute approximate surface area is 200 Å². The maximum atomic E-state index is 12.9. The van der Waals surface area contributed by atoms with Crippen molar-refractivity contribution in [3.05, 3.63) is 60.3 Å². The van der Waals surface area contributed by atoms with E-state index >= 15 is 0 Å². The van der Waals surface area contributed by atoms with Gasteiger partial charge in [0.1, 0.15) is 0 Å². The van der Waals surface area contributed by atoms with E-state index < -0.39 is 10.0 Å². The summed E-state index contributed by atoms with van der Waals surface area (Å²) in [6.07, 6.45) is 3.82. The number of hydrogen-bond donors (Lipinski definition) is 1. The van der Waals surface area contributed by atoms with Gasteiger partial charge in [0, 0.05) is 67.6 Å². The third-order valence-electron chi connectivity index (χ3n) is 6.59. The zero-order valence-corrected chi connectivity index (χ0v) is 20.0. The Morgan fingerprint density at radius 3 is 2.53 bits per heavy atom. The molecule has 180 valence electrons. The maximum absolute atomic E-state index is 12.9. The normalized spacial score (nSPS) is 17.9. The predicted molar refractivity (Wildman–Crippen MR) is 132 cm³/mol. The molecule has 0 unspecified atom stereocenters. The van der Waals surface area contributed by atoms with Crippen molar-refractivity contribution < 1.29 is 17.9 Å². The number of anilines is 1. The van der Waals surface area contributed by atoms with E-state index in [1.54, 1.807) is 18.2 Å². The highest BCUT2D eigenvalue weighted by Crippen LogP contribution is 2.24. The van der Waals surface area contributed by atoms with Gasteiger partial charge in [0.25, 0.3) is 5.91 Å². The number of ether oxygens (including phenoxy) is 1. The summed E-state index contributed by atoms with van der Waals surface area (Å²) in [5, 5.41) is 3.96. The summed E-state index contributed by atoms with van der Waals surface area (Å²) in [4.78, 5) is 15.5. The molecule has 2 aliphatic heterocycles. The van der Waals surface area contributed by atoms with Crippen LogP contribution < -0.4 is 5.32 Å². The molecule has 0 bridgehead atoms. The zero-order chi connectivity index (χ0) is 23.5. The van der Waals surface area contributed by atoms with Crippen LogP contribution in [0.25, 0.3) is 10.9 Å². The second kappa shape index (κ2) is 9.87. The summed E-state index contributed by atoms with van der Waals surface area (Å²) in [5.41, 5.74) is 2.12. The Morgan fingerprint density at radius 2 is 1.74 bits per heavy atom. The van der Waals surface area contributed by atoms with Crippen LogP contribution in [0.4, 0.5) is 5.69 Å². The number of nitrogens with one attached hydrogen (secondary N) is 1. The molecule has 0 atom stereocenters. The number of nitrogens with zero attached hydrogens (tertiary/aromatic N) is 3. The molecule has 0 saturated carbocycles. The molecule has 9 heteroatoms. The number of carbonyl (C=O) groups is 1. The van der Waals surface area contributed by atoms with Crippen molar-refractivity contribution in [3.8, 4) is 0 Å². The van der Waals surface area contributed by atoms with Gasteiger partial charge in [0.2, 0.25) is 10.0 Å². The minimum atomic E-state index is -3.57. The first-order valence-electron chi connectivity index (χ1n) is 11.8. The van der Waals surface area contributed by atoms with Crippen molar-refractivity contribution in [1.29, 1.82) is 0 Å². The summed E-state index contributed by atoms with van der Waals surface area (Å²) in [5.74, 6) is -0.329. The van der Waals surface area contributed by atoms with Crippen LogP contribution in [0.1, 0.15) is 23.2 Å².